The van der Waals surface area contributed by atoms with Crippen molar-refractivity contribution in [2.24, 2.45) is 0 Å². The molecule has 1 N–H and O–H groups in total. The van der Waals surface area contributed by atoms with Crippen molar-refractivity contribution >= 4 is 37.9 Å². The van der Waals surface area contributed by atoms with E-state index in [0.717, 1.165) is 0 Å². The minimum atomic E-state index is -3.69. The summed E-state index contributed by atoms with van der Waals surface area (Å²) in [6.45, 7) is 4.22. The molecule has 31 heavy (non-hydrogen) atoms. The molecule has 1 aliphatic rings. The fourth-order valence-electron chi connectivity index (χ4n) is 3.23. The van der Waals surface area contributed by atoms with Crippen molar-refractivity contribution in [3.05, 3.63) is 46.6 Å². The summed E-state index contributed by atoms with van der Waals surface area (Å²) in [5, 5.41) is 10.1. The molecule has 1 fully saturated rings. The Morgan fingerprint density at radius 2 is 1.74 bits per heavy atom. The Balaban J connectivity index is 1.45. The maximum atomic E-state index is 12.9. The lowest BCUT2D eigenvalue weighted by molar-refractivity contribution is -0.0440. The molecular weight excluding hydrogens is 492 g/mol. The van der Waals surface area contributed by atoms with E-state index in [2.05, 4.69) is 31.4 Å². The highest BCUT2D eigenvalue weighted by Crippen LogP contribution is 2.25. The zero-order valence-corrected chi connectivity index (χ0v) is 19.0. The predicted molar refractivity (Wildman–Crippen MR) is 113 cm³/mol. The lowest BCUT2D eigenvalue weighted by Gasteiger charge is -2.34. The highest BCUT2D eigenvalue weighted by Gasteiger charge is 2.32. The molecule has 1 amide bonds. The lowest BCUT2D eigenvalue weighted by Crippen LogP contribution is -2.48. The number of morpholine rings is 1. The van der Waals surface area contributed by atoms with E-state index >= 15 is 0 Å². The van der Waals surface area contributed by atoms with E-state index in [0.29, 0.717) is 10.4 Å². The molecule has 2 aromatic heterocycles. The molecule has 0 saturated carbocycles. The number of hydrogen-bond acceptors (Lipinski definition) is 8. The van der Waals surface area contributed by atoms with Gasteiger partial charge in [0, 0.05) is 18.7 Å². The van der Waals surface area contributed by atoms with Crippen molar-refractivity contribution in [2.75, 3.05) is 18.4 Å². The molecule has 0 bridgehead atoms. The van der Waals surface area contributed by atoms with Crippen LogP contribution in [0, 0.1) is 0 Å². The van der Waals surface area contributed by atoms with E-state index < -0.39 is 15.9 Å². The van der Waals surface area contributed by atoms with Crippen LogP contribution in [-0.4, -0.2) is 54.1 Å². The summed E-state index contributed by atoms with van der Waals surface area (Å²) in [5.74, 6) is -0.0639. The molecular formula is C19H19BrN4O6S. The number of carbonyl (C=O) groups excluding carboxylic acids is 1. The maximum absolute atomic E-state index is 12.9. The second-order valence-electron chi connectivity index (χ2n) is 7.07. The first kappa shape index (κ1) is 21.7. The van der Waals surface area contributed by atoms with E-state index in [1.165, 1.54) is 28.6 Å². The number of sulfonamides is 1. The largest absolute Gasteiger partial charge is 0.444 e. The second-order valence-corrected chi connectivity index (χ2v) is 9.79. The van der Waals surface area contributed by atoms with Gasteiger partial charge in [0.1, 0.15) is 0 Å². The van der Waals surface area contributed by atoms with E-state index in [9.17, 15) is 13.2 Å². The number of furan rings is 1. The van der Waals surface area contributed by atoms with Crippen molar-refractivity contribution < 1.29 is 26.8 Å². The molecule has 1 aliphatic heterocycles. The Kier molecular flexibility index (Phi) is 5.97. The predicted octanol–water partition coefficient (Wildman–Crippen LogP) is 3.14. The molecule has 0 spiro atoms. The van der Waals surface area contributed by atoms with Crippen LogP contribution in [-0.2, 0) is 14.8 Å². The monoisotopic (exact) mass is 510 g/mol. The minimum Gasteiger partial charge on any atom is -0.444 e. The van der Waals surface area contributed by atoms with Gasteiger partial charge in [-0.15, -0.1) is 5.10 Å². The van der Waals surface area contributed by atoms with Crippen LogP contribution >= 0.6 is 15.9 Å². The van der Waals surface area contributed by atoms with Gasteiger partial charge in [0.05, 0.1) is 17.1 Å². The van der Waals surface area contributed by atoms with Gasteiger partial charge < -0.3 is 13.6 Å². The molecule has 2 unspecified atom stereocenters. The summed E-state index contributed by atoms with van der Waals surface area (Å²) in [7, 11) is -3.69. The highest BCUT2D eigenvalue weighted by atomic mass is 79.9. The number of anilines is 1. The number of carbonyl (C=O) groups is 1. The summed E-state index contributed by atoms with van der Waals surface area (Å²) in [6, 6.07) is 8.85. The first-order valence-electron chi connectivity index (χ1n) is 9.38. The summed E-state index contributed by atoms with van der Waals surface area (Å²) in [6.07, 6.45) is -0.379. The van der Waals surface area contributed by atoms with Gasteiger partial charge in [0.25, 0.3) is 11.8 Å². The first-order valence-corrected chi connectivity index (χ1v) is 11.6. The van der Waals surface area contributed by atoms with E-state index in [4.69, 9.17) is 13.6 Å². The summed E-state index contributed by atoms with van der Waals surface area (Å²) < 4.78 is 44.0. The molecule has 0 aliphatic carbocycles. The van der Waals surface area contributed by atoms with E-state index in [-0.39, 0.29) is 47.7 Å². The fraction of sp³-hybridized carbons (Fsp3) is 0.316. The van der Waals surface area contributed by atoms with Gasteiger partial charge >= 0.3 is 6.01 Å². The molecule has 4 rings (SSSR count). The smallest absolute Gasteiger partial charge is 0.322 e. The van der Waals surface area contributed by atoms with Crippen LogP contribution in [0.1, 0.15) is 24.2 Å². The zero-order chi connectivity index (χ0) is 22.2. The summed E-state index contributed by atoms with van der Waals surface area (Å²) >= 11 is 3.18. The van der Waals surface area contributed by atoms with Crippen LogP contribution in [0.4, 0.5) is 6.01 Å². The van der Waals surface area contributed by atoms with Gasteiger partial charge in [0.2, 0.25) is 10.0 Å². The van der Waals surface area contributed by atoms with Crippen LogP contribution in [0.25, 0.3) is 11.7 Å². The van der Waals surface area contributed by atoms with Crippen molar-refractivity contribution in [3.8, 4) is 11.7 Å². The Morgan fingerprint density at radius 1 is 1.06 bits per heavy atom. The SMILES string of the molecule is CC1CN(S(=O)(=O)c2ccc(C(=O)Nc3nnc(-c4ccc(Br)o4)o3)cc2)CC(C)O1. The third-order valence-electron chi connectivity index (χ3n) is 4.57. The third kappa shape index (κ3) is 4.71. The van der Waals surface area contributed by atoms with Gasteiger partial charge in [-0.25, -0.2) is 8.42 Å². The lowest BCUT2D eigenvalue weighted by atomic mass is 10.2. The Morgan fingerprint density at radius 3 is 2.35 bits per heavy atom. The van der Waals surface area contributed by atoms with Crippen molar-refractivity contribution in [3.63, 3.8) is 0 Å². The molecule has 12 heteroatoms. The average molecular weight is 511 g/mol. The Bertz CT molecular complexity index is 1180. The molecule has 2 atom stereocenters. The van der Waals surface area contributed by atoms with Crippen LogP contribution in [0.3, 0.4) is 0 Å². The molecule has 10 nitrogen and oxygen atoms in total. The number of amides is 1. The van der Waals surface area contributed by atoms with E-state index in [1.54, 1.807) is 12.1 Å². The Hall–Kier alpha value is -2.54. The van der Waals surface area contributed by atoms with E-state index in [1.807, 2.05) is 13.8 Å². The van der Waals surface area contributed by atoms with Gasteiger partial charge in [-0.1, -0.05) is 5.10 Å². The number of benzene rings is 1. The van der Waals surface area contributed by atoms with Crippen LogP contribution in [0.2, 0.25) is 0 Å². The number of rotatable bonds is 5. The first-order chi connectivity index (χ1) is 14.7. The number of nitrogens with one attached hydrogen (secondary N) is 1. The second kappa shape index (κ2) is 8.54. The van der Waals surface area contributed by atoms with Gasteiger partial charge in [-0.05, 0) is 66.2 Å². The van der Waals surface area contributed by atoms with Crippen molar-refractivity contribution in [2.45, 2.75) is 31.0 Å². The Labute approximate surface area is 186 Å². The third-order valence-corrected chi connectivity index (χ3v) is 6.84. The molecule has 0 radical (unpaired) electrons. The number of ether oxygens (including phenoxy) is 1. The van der Waals surface area contributed by atoms with Crippen LogP contribution in [0.15, 0.2) is 54.8 Å². The van der Waals surface area contributed by atoms with Gasteiger partial charge in [-0.2, -0.15) is 4.31 Å². The normalized spacial score (nSPS) is 20.0. The average Bonchev–Trinajstić information content (AvgIpc) is 3.36. The number of nitrogens with zero attached hydrogens (tertiary/aromatic N) is 3. The molecule has 3 heterocycles. The number of halogens is 1. The maximum Gasteiger partial charge on any atom is 0.322 e. The number of aromatic nitrogens is 2. The van der Waals surface area contributed by atoms with Crippen molar-refractivity contribution in [1.82, 2.24) is 14.5 Å². The van der Waals surface area contributed by atoms with Crippen LogP contribution < -0.4 is 5.32 Å². The topological polar surface area (TPSA) is 128 Å². The van der Waals surface area contributed by atoms with Gasteiger partial charge in [0.15, 0.2) is 10.4 Å². The molecule has 1 aromatic carbocycles. The standard InChI is InChI=1S/C19H19BrN4O6S/c1-11-9-24(10-12(2)28-11)31(26,27)14-5-3-13(4-6-14)17(25)21-19-23-22-18(30-19)15-7-8-16(20)29-15/h3-8,11-12H,9-10H2,1-2H3,(H,21,23,25). The number of hydrogen-bond donors (Lipinski definition) is 1. The van der Waals surface area contributed by atoms with Crippen LogP contribution in [0.5, 0.6) is 0 Å². The summed E-state index contributed by atoms with van der Waals surface area (Å²) in [5.41, 5.74) is 0.239. The molecule has 164 valence electrons. The molecule has 3 aromatic rings. The summed E-state index contributed by atoms with van der Waals surface area (Å²) in [4.78, 5) is 12.6. The molecule has 1 saturated heterocycles. The fourth-order valence-corrected chi connectivity index (χ4v) is 5.12. The quantitative estimate of drug-likeness (QED) is 0.554. The van der Waals surface area contributed by atoms with Crippen molar-refractivity contribution in [1.29, 1.82) is 0 Å². The minimum absolute atomic E-state index is 0.105. The van der Waals surface area contributed by atoms with Gasteiger partial charge in [-0.3, -0.25) is 10.1 Å². The highest BCUT2D eigenvalue weighted by molar-refractivity contribution is 9.10. The zero-order valence-electron chi connectivity index (χ0n) is 16.6.